The van der Waals surface area contributed by atoms with Crippen molar-refractivity contribution in [3.63, 3.8) is 0 Å². The summed E-state index contributed by atoms with van der Waals surface area (Å²) in [5.41, 5.74) is 2.32. The second kappa shape index (κ2) is 14.5. The first-order chi connectivity index (χ1) is 13.6. The number of methoxy groups -OCH3 is 1. The molecule has 0 heterocycles. The molecule has 1 aliphatic rings. The lowest BCUT2D eigenvalue weighted by Crippen LogP contribution is -2.37. The highest BCUT2D eigenvalue weighted by molar-refractivity contribution is 14.0. The quantitative estimate of drug-likeness (QED) is 0.143. The van der Waals surface area contributed by atoms with Crippen molar-refractivity contribution in [1.29, 1.82) is 0 Å². The Balaban J connectivity index is 0.00000420. The van der Waals surface area contributed by atoms with Crippen LogP contribution in [0.15, 0.2) is 23.2 Å². The number of nitrogens with one attached hydrogen (secondary N) is 2. The van der Waals surface area contributed by atoms with Gasteiger partial charge in [-0.1, -0.05) is 18.6 Å². The van der Waals surface area contributed by atoms with Crippen molar-refractivity contribution in [3.8, 4) is 5.75 Å². The minimum Gasteiger partial charge on any atom is -0.493 e. The third-order valence-electron chi connectivity index (χ3n) is 4.72. The Hall–Kier alpha value is -1.51. The van der Waals surface area contributed by atoms with E-state index in [0.717, 1.165) is 62.1 Å². The normalized spacial score (nSPS) is 13.4. The number of ether oxygens (including phenoxy) is 2. The van der Waals surface area contributed by atoms with Crippen LogP contribution in [-0.4, -0.2) is 38.7 Å². The predicted octanol–water partition coefficient (Wildman–Crippen LogP) is 4.19. The second-order valence-corrected chi connectivity index (χ2v) is 7.37. The van der Waals surface area contributed by atoms with Crippen LogP contribution in [0.3, 0.4) is 0 Å². The molecule has 0 atom stereocenters. The van der Waals surface area contributed by atoms with Crippen LogP contribution in [0.4, 0.5) is 0 Å². The summed E-state index contributed by atoms with van der Waals surface area (Å²) in [5.74, 6) is 2.36. The number of esters is 1. The monoisotopic (exact) mass is 517 g/mol. The average molecular weight is 517 g/mol. The molecule has 0 aromatic heterocycles. The first-order valence-corrected chi connectivity index (χ1v) is 10.4. The van der Waals surface area contributed by atoms with Gasteiger partial charge in [0.1, 0.15) is 5.75 Å². The maximum Gasteiger partial charge on any atom is 0.305 e. The van der Waals surface area contributed by atoms with E-state index in [-0.39, 0.29) is 29.9 Å². The van der Waals surface area contributed by atoms with E-state index in [2.05, 4.69) is 47.4 Å². The van der Waals surface area contributed by atoms with Crippen molar-refractivity contribution in [2.75, 3.05) is 26.8 Å². The molecule has 1 aromatic rings. The van der Waals surface area contributed by atoms with Gasteiger partial charge in [-0.15, -0.1) is 24.0 Å². The highest BCUT2D eigenvalue weighted by Gasteiger charge is 2.22. The molecule has 1 saturated carbocycles. The molecule has 1 fully saturated rings. The summed E-state index contributed by atoms with van der Waals surface area (Å²) < 4.78 is 10.7. The van der Waals surface area contributed by atoms with Crippen molar-refractivity contribution >= 4 is 35.9 Å². The molecule has 164 valence electrons. The molecule has 0 spiro atoms. The summed E-state index contributed by atoms with van der Waals surface area (Å²) in [4.78, 5) is 15.8. The maximum absolute atomic E-state index is 11.1. The molecule has 7 heteroatoms. The number of carbonyl (C=O) groups is 1. The maximum atomic E-state index is 11.1. The minimum atomic E-state index is -0.138. The average Bonchev–Trinajstić information content (AvgIpc) is 3.52. The fourth-order valence-electron chi connectivity index (χ4n) is 2.80. The largest absolute Gasteiger partial charge is 0.493 e. The molecular formula is C22H36IN3O3. The lowest BCUT2D eigenvalue weighted by atomic mass is 10.1. The van der Waals surface area contributed by atoms with Gasteiger partial charge in [0.15, 0.2) is 5.96 Å². The molecule has 0 aliphatic heterocycles. The van der Waals surface area contributed by atoms with Gasteiger partial charge in [-0.25, -0.2) is 4.99 Å². The van der Waals surface area contributed by atoms with E-state index in [4.69, 9.17) is 9.73 Å². The van der Waals surface area contributed by atoms with E-state index in [9.17, 15) is 4.79 Å². The first-order valence-electron chi connectivity index (χ1n) is 10.4. The van der Waals surface area contributed by atoms with Crippen LogP contribution in [0.2, 0.25) is 0 Å². The summed E-state index contributed by atoms with van der Waals surface area (Å²) in [6.07, 6.45) is 5.88. The van der Waals surface area contributed by atoms with Crippen LogP contribution in [0.1, 0.15) is 56.6 Å². The van der Waals surface area contributed by atoms with Crippen molar-refractivity contribution in [3.05, 3.63) is 29.3 Å². The van der Waals surface area contributed by atoms with Gasteiger partial charge in [0.25, 0.3) is 0 Å². The van der Waals surface area contributed by atoms with Crippen molar-refractivity contribution in [2.24, 2.45) is 10.9 Å². The van der Waals surface area contributed by atoms with Crippen molar-refractivity contribution in [2.45, 2.75) is 58.9 Å². The van der Waals surface area contributed by atoms with Crippen molar-refractivity contribution < 1.29 is 14.3 Å². The SMILES string of the molecule is CCNC(=NCc1ccc(C)cc1OCC1CC1)NCCCCCC(=O)OC.I. The van der Waals surface area contributed by atoms with Gasteiger partial charge in [-0.2, -0.15) is 0 Å². The van der Waals surface area contributed by atoms with Crippen LogP contribution >= 0.6 is 24.0 Å². The van der Waals surface area contributed by atoms with E-state index >= 15 is 0 Å². The van der Waals surface area contributed by atoms with Crippen molar-refractivity contribution in [1.82, 2.24) is 10.6 Å². The zero-order valence-electron chi connectivity index (χ0n) is 18.0. The summed E-state index contributed by atoms with van der Waals surface area (Å²) in [6.45, 7) is 7.17. The molecule has 0 unspecified atom stereocenters. The molecular weight excluding hydrogens is 481 g/mol. The van der Waals surface area contributed by atoms with Gasteiger partial charge in [-0.3, -0.25) is 4.79 Å². The Labute approximate surface area is 192 Å². The van der Waals surface area contributed by atoms with Crippen LogP contribution in [-0.2, 0) is 16.1 Å². The second-order valence-electron chi connectivity index (χ2n) is 7.37. The first kappa shape index (κ1) is 25.5. The number of guanidine groups is 1. The minimum absolute atomic E-state index is 0. The topological polar surface area (TPSA) is 72.0 Å². The molecule has 29 heavy (non-hydrogen) atoms. The Morgan fingerprint density at radius 3 is 2.69 bits per heavy atom. The van der Waals surface area contributed by atoms with Crippen LogP contribution in [0.5, 0.6) is 5.75 Å². The number of rotatable bonds is 12. The highest BCUT2D eigenvalue weighted by Crippen LogP contribution is 2.30. The number of halogens is 1. The fraction of sp³-hybridized carbons (Fsp3) is 0.636. The van der Waals surface area contributed by atoms with Gasteiger partial charge in [-0.05, 0) is 57.1 Å². The number of aryl methyl sites for hydroxylation is 1. The van der Waals surface area contributed by atoms with E-state index in [1.807, 2.05) is 0 Å². The molecule has 6 nitrogen and oxygen atoms in total. The zero-order chi connectivity index (χ0) is 20.2. The number of aliphatic imine (C=N–C) groups is 1. The van der Waals surface area contributed by atoms with E-state index in [1.54, 1.807) is 0 Å². The summed E-state index contributed by atoms with van der Waals surface area (Å²) in [5, 5.41) is 6.65. The van der Waals surface area contributed by atoms with Gasteiger partial charge in [0.2, 0.25) is 0 Å². The third-order valence-corrected chi connectivity index (χ3v) is 4.72. The Morgan fingerprint density at radius 1 is 1.21 bits per heavy atom. The summed E-state index contributed by atoms with van der Waals surface area (Å²) >= 11 is 0. The van der Waals surface area contributed by atoms with Gasteiger partial charge < -0.3 is 20.1 Å². The molecule has 2 rings (SSSR count). The number of nitrogens with zero attached hydrogens (tertiary/aromatic N) is 1. The molecule has 0 saturated heterocycles. The van der Waals surface area contributed by atoms with Gasteiger partial charge >= 0.3 is 5.97 Å². The van der Waals surface area contributed by atoms with Crippen LogP contribution < -0.4 is 15.4 Å². The molecule has 0 amide bonds. The van der Waals surface area contributed by atoms with Gasteiger partial charge in [0.05, 0.1) is 20.3 Å². The van der Waals surface area contributed by atoms with E-state index < -0.39 is 0 Å². The van der Waals surface area contributed by atoms with Crippen LogP contribution in [0.25, 0.3) is 0 Å². The molecule has 0 bridgehead atoms. The van der Waals surface area contributed by atoms with E-state index in [1.165, 1.54) is 25.5 Å². The Kier molecular flexibility index (Phi) is 12.7. The summed E-state index contributed by atoms with van der Waals surface area (Å²) in [6, 6.07) is 6.32. The highest BCUT2D eigenvalue weighted by atomic mass is 127. The Morgan fingerprint density at radius 2 is 2.00 bits per heavy atom. The number of hydrogen-bond acceptors (Lipinski definition) is 4. The fourth-order valence-corrected chi connectivity index (χ4v) is 2.80. The smallest absolute Gasteiger partial charge is 0.305 e. The lowest BCUT2D eigenvalue weighted by Gasteiger charge is -2.13. The standard InChI is InChI=1S/C22H35N3O3.HI/c1-4-23-22(24-13-7-5-6-8-21(26)27-3)25-15-19-12-9-17(2)14-20(19)28-16-18-10-11-18;/h9,12,14,18H,4-8,10-11,13,15-16H2,1-3H3,(H2,23,24,25);1H. The lowest BCUT2D eigenvalue weighted by molar-refractivity contribution is -0.140. The van der Waals surface area contributed by atoms with Gasteiger partial charge in [0, 0.05) is 25.1 Å². The zero-order valence-corrected chi connectivity index (χ0v) is 20.3. The number of hydrogen-bond donors (Lipinski definition) is 2. The number of carbonyl (C=O) groups excluding carboxylic acids is 1. The predicted molar refractivity (Wildman–Crippen MR) is 128 cm³/mol. The molecule has 1 aromatic carbocycles. The summed E-state index contributed by atoms with van der Waals surface area (Å²) in [7, 11) is 1.43. The number of unbranched alkanes of at least 4 members (excludes halogenated alkanes) is 2. The Bertz CT molecular complexity index is 648. The molecule has 0 radical (unpaired) electrons. The van der Waals surface area contributed by atoms with Crippen LogP contribution in [0, 0.1) is 12.8 Å². The molecule has 1 aliphatic carbocycles. The molecule has 2 N–H and O–H groups in total. The third kappa shape index (κ3) is 10.7. The van der Waals surface area contributed by atoms with E-state index in [0.29, 0.717) is 13.0 Å². The number of benzene rings is 1.